The number of nitrogens with one attached hydrogen (secondary N) is 1. The molecule has 0 aliphatic rings. The highest BCUT2D eigenvalue weighted by Crippen LogP contribution is 2.29. The Hall–Kier alpha value is -1.76. The van der Waals surface area contributed by atoms with Gasteiger partial charge in [-0.1, -0.05) is 23.8 Å². The van der Waals surface area contributed by atoms with Crippen LogP contribution in [0.5, 0.6) is 0 Å². The fraction of sp³-hybridized carbons (Fsp3) is 0.294. The Morgan fingerprint density at radius 2 is 1.22 bits per heavy atom. The van der Waals surface area contributed by atoms with Gasteiger partial charge in [-0.15, -0.1) is 0 Å². The molecule has 1 heteroatoms. The highest BCUT2D eigenvalue weighted by molar-refractivity contribution is 5.69. The summed E-state index contributed by atoms with van der Waals surface area (Å²) < 4.78 is 0. The molecule has 0 fully saturated rings. The van der Waals surface area contributed by atoms with E-state index in [1.165, 1.54) is 33.5 Å². The van der Waals surface area contributed by atoms with Crippen LogP contribution in [0.4, 0.5) is 11.4 Å². The summed E-state index contributed by atoms with van der Waals surface area (Å²) in [6.45, 7) is 10.8. The fourth-order valence-electron chi connectivity index (χ4n) is 2.19. The van der Waals surface area contributed by atoms with E-state index in [0.29, 0.717) is 0 Å². The first-order valence-electron chi connectivity index (χ1n) is 6.40. The lowest BCUT2D eigenvalue weighted by atomic mass is 9.98. The predicted octanol–water partition coefficient (Wildman–Crippen LogP) is 4.97. The van der Waals surface area contributed by atoms with Crippen LogP contribution in [0.15, 0.2) is 30.3 Å². The van der Waals surface area contributed by atoms with Crippen molar-refractivity contribution in [1.82, 2.24) is 0 Å². The molecular formula is C17H21N. The predicted molar refractivity (Wildman–Crippen MR) is 79.9 cm³/mol. The largest absolute Gasteiger partial charge is 0.355 e. The summed E-state index contributed by atoms with van der Waals surface area (Å²) in [6, 6.07) is 10.8. The third-order valence-corrected chi connectivity index (χ3v) is 3.69. The molecule has 2 aromatic rings. The van der Waals surface area contributed by atoms with E-state index in [9.17, 15) is 0 Å². The number of rotatable bonds is 2. The molecule has 0 unspecified atom stereocenters. The summed E-state index contributed by atoms with van der Waals surface area (Å²) in [6.07, 6.45) is 0. The number of benzene rings is 2. The van der Waals surface area contributed by atoms with E-state index in [1.54, 1.807) is 0 Å². The van der Waals surface area contributed by atoms with E-state index in [2.05, 4.69) is 70.3 Å². The van der Waals surface area contributed by atoms with Crippen molar-refractivity contribution in [3.63, 3.8) is 0 Å². The Kier molecular flexibility index (Phi) is 3.42. The van der Waals surface area contributed by atoms with Crippen LogP contribution in [0.2, 0.25) is 0 Å². The lowest BCUT2D eigenvalue weighted by Crippen LogP contribution is -2.00. The first-order chi connectivity index (χ1) is 8.49. The summed E-state index contributed by atoms with van der Waals surface area (Å²) >= 11 is 0. The van der Waals surface area contributed by atoms with Crippen LogP contribution in [-0.2, 0) is 0 Å². The third kappa shape index (κ3) is 2.40. The van der Waals surface area contributed by atoms with Gasteiger partial charge in [0.15, 0.2) is 0 Å². The van der Waals surface area contributed by atoms with Gasteiger partial charge in [-0.2, -0.15) is 0 Å². The smallest absolute Gasteiger partial charge is 0.0448 e. The van der Waals surface area contributed by atoms with Gasteiger partial charge in [0.05, 0.1) is 0 Å². The minimum Gasteiger partial charge on any atom is -0.355 e. The maximum Gasteiger partial charge on any atom is 0.0448 e. The number of aryl methyl sites for hydroxylation is 3. The molecule has 0 aliphatic heterocycles. The van der Waals surface area contributed by atoms with E-state index in [0.717, 1.165) is 5.69 Å². The zero-order valence-electron chi connectivity index (χ0n) is 11.9. The molecule has 18 heavy (non-hydrogen) atoms. The Morgan fingerprint density at radius 3 is 1.72 bits per heavy atom. The van der Waals surface area contributed by atoms with Crippen molar-refractivity contribution < 1.29 is 0 Å². The van der Waals surface area contributed by atoms with Crippen molar-refractivity contribution in [3.05, 3.63) is 58.1 Å². The van der Waals surface area contributed by atoms with Gasteiger partial charge >= 0.3 is 0 Å². The highest BCUT2D eigenvalue weighted by Gasteiger charge is 2.08. The fourth-order valence-corrected chi connectivity index (χ4v) is 2.19. The first-order valence-corrected chi connectivity index (χ1v) is 6.40. The Labute approximate surface area is 110 Å². The van der Waals surface area contributed by atoms with Crippen molar-refractivity contribution in [2.75, 3.05) is 5.32 Å². The maximum absolute atomic E-state index is 3.55. The molecule has 0 spiro atoms. The number of anilines is 2. The average Bonchev–Trinajstić information content (AvgIpc) is 2.34. The van der Waals surface area contributed by atoms with Crippen LogP contribution < -0.4 is 5.32 Å². The van der Waals surface area contributed by atoms with Gasteiger partial charge in [0.2, 0.25) is 0 Å². The molecule has 0 amide bonds. The number of hydrogen-bond acceptors (Lipinski definition) is 1. The second kappa shape index (κ2) is 4.85. The summed E-state index contributed by atoms with van der Waals surface area (Å²) in [4.78, 5) is 0. The molecule has 0 aromatic heterocycles. The molecular weight excluding hydrogens is 218 g/mol. The summed E-state index contributed by atoms with van der Waals surface area (Å²) in [5.41, 5.74) is 9.03. The van der Waals surface area contributed by atoms with Gasteiger partial charge in [-0.05, 0) is 69.0 Å². The zero-order chi connectivity index (χ0) is 13.3. The van der Waals surface area contributed by atoms with Crippen LogP contribution in [0, 0.1) is 34.6 Å². The topological polar surface area (TPSA) is 12.0 Å². The SMILES string of the molecule is Cc1ccc(Nc2c(C)c(C)cc(C)c2C)cc1. The van der Waals surface area contributed by atoms with Crippen molar-refractivity contribution in [2.45, 2.75) is 34.6 Å². The van der Waals surface area contributed by atoms with Crippen LogP contribution in [-0.4, -0.2) is 0 Å². The van der Waals surface area contributed by atoms with E-state index in [1.807, 2.05) is 0 Å². The van der Waals surface area contributed by atoms with Crippen molar-refractivity contribution in [3.8, 4) is 0 Å². The van der Waals surface area contributed by atoms with Gasteiger partial charge in [0.1, 0.15) is 0 Å². The average molecular weight is 239 g/mol. The molecule has 94 valence electrons. The molecule has 0 atom stereocenters. The first kappa shape index (κ1) is 12.7. The molecule has 0 radical (unpaired) electrons. The van der Waals surface area contributed by atoms with Gasteiger partial charge < -0.3 is 5.32 Å². The Bertz CT molecular complexity index is 539. The van der Waals surface area contributed by atoms with Crippen LogP contribution in [0.3, 0.4) is 0 Å². The van der Waals surface area contributed by atoms with Crippen LogP contribution in [0.1, 0.15) is 27.8 Å². The second-order valence-electron chi connectivity index (χ2n) is 5.13. The molecule has 0 heterocycles. The van der Waals surface area contributed by atoms with E-state index in [4.69, 9.17) is 0 Å². The van der Waals surface area contributed by atoms with Crippen LogP contribution in [0.25, 0.3) is 0 Å². The summed E-state index contributed by atoms with van der Waals surface area (Å²) in [5, 5.41) is 3.55. The molecule has 2 rings (SSSR count). The standard InChI is InChI=1S/C17H21N/c1-11-6-8-16(9-7-11)18-17-14(4)12(2)10-13(3)15(17)5/h6-10,18H,1-5H3. The van der Waals surface area contributed by atoms with Crippen molar-refractivity contribution in [1.29, 1.82) is 0 Å². The molecule has 2 aromatic carbocycles. The van der Waals surface area contributed by atoms with E-state index >= 15 is 0 Å². The maximum atomic E-state index is 3.55. The normalized spacial score (nSPS) is 10.5. The van der Waals surface area contributed by atoms with Gasteiger partial charge in [0, 0.05) is 11.4 Å². The van der Waals surface area contributed by atoms with Crippen LogP contribution >= 0.6 is 0 Å². The van der Waals surface area contributed by atoms with Gasteiger partial charge in [-0.3, -0.25) is 0 Å². The third-order valence-electron chi connectivity index (χ3n) is 3.69. The summed E-state index contributed by atoms with van der Waals surface area (Å²) in [5.74, 6) is 0. The van der Waals surface area contributed by atoms with Crippen molar-refractivity contribution in [2.24, 2.45) is 0 Å². The highest BCUT2D eigenvalue weighted by atomic mass is 14.9. The molecule has 0 saturated carbocycles. The molecule has 0 aliphatic carbocycles. The lowest BCUT2D eigenvalue weighted by Gasteiger charge is -2.17. The Morgan fingerprint density at radius 1 is 0.722 bits per heavy atom. The van der Waals surface area contributed by atoms with Gasteiger partial charge in [0.25, 0.3) is 0 Å². The van der Waals surface area contributed by atoms with Crippen molar-refractivity contribution >= 4 is 11.4 Å². The molecule has 0 bridgehead atoms. The Balaban J connectivity index is 2.42. The van der Waals surface area contributed by atoms with E-state index in [-0.39, 0.29) is 0 Å². The zero-order valence-corrected chi connectivity index (χ0v) is 11.9. The number of hydrogen-bond donors (Lipinski definition) is 1. The molecule has 1 N–H and O–H groups in total. The lowest BCUT2D eigenvalue weighted by molar-refractivity contribution is 1.24. The van der Waals surface area contributed by atoms with Gasteiger partial charge in [-0.25, -0.2) is 0 Å². The molecule has 1 nitrogen and oxygen atoms in total. The van der Waals surface area contributed by atoms with E-state index < -0.39 is 0 Å². The summed E-state index contributed by atoms with van der Waals surface area (Å²) in [7, 11) is 0. The minimum absolute atomic E-state index is 1.15. The minimum atomic E-state index is 1.15. The second-order valence-corrected chi connectivity index (χ2v) is 5.13. The monoisotopic (exact) mass is 239 g/mol. The molecule has 0 saturated heterocycles. The quantitative estimate of drug-likeness (QED) is 0.780.